The number of hydrogen-bond acceptors (Lipinski definition) is 7. The molecule has 0 bridgehead atoms. The summed E-state index contributed by atoms with van der Waals surface area (Å²) in [6, 6.07) is 32.9. The molecule has 0 atom stereocenters. The maximum absolute atomic E-state index is 9.08. The zero-order chi connectivity index (χ0) is 42.3. The number of nitrogens with two attached hydrogens (primary N) is 1. The van der Waals surface area contributed by atoms with Gasteiger partial charge in [-0.1, -0.05) is 173 Å². The summed E-state index contributed by atoms with van der Waals surface area (Å²) in [4.78, 5) is 0. The van der Waals surface area contributed by atoms with Crippen LogP contribution in [0.3, 0.4) is 0 Å². The van der Waals surface area contributed by atoms with Crippen LogP contribution in [0.2, 0.25) is 0 Å². The van der Waals surface area contributed by atoms with Crippen molar-refractivity contribution in [3.63, 3.8) is 0 Å². The molecule has 2 saturated carbocycles. The van der Waals surface area contributed by atoms with Crippen molar-refractivity contribution in [1.29, 1.82) is 0 Å². The van der Waals surface area contributed by atoms with E-state index in [4.69, 9.17) is 31.7 Å². The molecule has 0 heterocycles. The summed E-state index contributed by atoms with van der Waals surface area (Å²) < 4.78 is 54.5. The van der Waals surface area contributed by atoms with Crippen LogP contribution in [0.15, 0.2) is 91.0 Å². The minimum Gasteiger partial charge on any atom is -0.748 e. The Balaban J connectivity index is 0.000000394. The van der Waals surface area contributed by atoms with Crippen LogP contribution < -0.4 is 11.0 Å². The van der Waals surface area contributed by atoms with Crippen LogP contribution in [-0.4, -0.2) is 49.8 Å². The molecular weight excluding hydrogens is 876 g/mol. The molecule has 11 heteroatoms. The molecular formula is C47H66NO6PPdS2. The van der Waals surface area contributed by atoms with E-state index in [9.17, 15) is 0 Å². The molecule has 2 aliphatic carbocycles. The molecule has 0 spiro atoms. The van der Waals surface area contributed by atoms with E-state index in [0.717, 1.165) is 22.6 Å². The topological polar surface area (TPSA) is 140 Å². The first kappa shape index (κ1) is 51.7. The second-order valence-electron chi connectivity index (χ2n) is 16.4. The molecule has 2 aliphatic rings. The largest absolute Gasteiger partial charge is 2.00 e. The van der Waals surface area contributed by atoms with E-state index in [0.29, 0.717) is 30.3 Å². The van der Waals surface area contributed by atoms with Gasteiger partial charge in [0.15, 0.2) is 0 Å². The third-order valence-corrected chi connectivity index (χ3v) is 14.1. The summed E-state index contributed by atoms with van der Waals surface area (Å²) in [5.74, 6) is 1.64. The second-order valence-corrected chi connectivity index (χ2v) is 22.0. The maximum Gasteiger partial charge on any atom is 2.00 e. The molecule has 0 radical (unpaired) electrons. The van der Waals surface area contributed by atoms with Crippen molar-refractivity contribution >= 4 is 39.1 Å². The Morgan fingerprint density at radius 2 is 0.948 bits per heavy atom. The number of benzene rings is 4. The maximum atomic E-state index is 9.08. The number of para-hydroxylation sites is 1. The Bertz CT molecular complexity index is 1950. The quantitative estimate of drug-likeness (QED) is 0.0802. The molecule has 6 rings (SSSR count). The van der Waals surface area contributed by atoms with Gasteiger partial charge in [-0.3, -0.25) is 0 Å². The molecule has 2 fully saturated rings. The fourth-order valence-electron chi connectivity index (χ4n) is 7.96. The number of anilines is 1. The van der Waals surface area contributed by atoms with E-state index in [2.05, 4.69) is 90.1 Å². The monoisotopic (exact) mass is 941 g/mol. The molecule has 0 aliphatic heterocycles. The molecule has 0 aromatic heterocycles. The van der Waals surface area contributed by atoms with Gasteiger partial charge in [0, 0.05) is 23.8 Å². The van der Waals surface area contributed by atoms with E-state index in [1.54, 1.807) is 27.6 Å². The first-order valence-electron chi connectivity index (χ1n) is 20.5. The van der Waals surface area contributed by atoms with Gasteiger partial charge in [-0.2, -0.15) is 0 Å². The van der Waals surface area contributed by atoms with E-state index >= 15 is 0 Å². The average molecular weight is 943 g/mol. The average Bonchev–Trinajstić information content (AvgIpc) is 3.15. The molecule has 4 aromatic carbocycles. The molecule has 2 N–H and O–H groups in total. The smallest absolute Gasteiger partial charge is 0.748 e. The van der Waals surface area contributed by atoms with Gasteiger partial charge in [0.1, 0.15) is 0 Å². The molecule has 322 valence electrons. The molecule has 7 nitrogen and oxygen atoms in total. The molecule has 0 unspecified atom stereocenters. The van der Waals surface area contributed by atoms with E-state index in [1.165, 1.54) is 75.3 Å². The first-order valence-corrected chi connectivity index (χ1v) is 25.6. The van der Waals surface area contributed by atoms with Crippen molar-refractivity contribution in [2.75, 3.05) is 18.2 Å². The van der Waals surface area contributed by atoms with Crippen molar-refractivity contribution in [2.24, 2.45) is 0 Å². The van der Waals surface area contributed by atoms with Gasteiger partial charge in [0.25, 0.3) is 0 Å². The Morgan fingerprint density at radius 3 is 1.34 bits per heavy atom. The fourth-order valence-corrected chi connectivity index (χ4v) is 11.9. The normalized spacial score (nSPS) is 15.1. The molecule has 0 amide bonds. The van der Waals surface area contributed by atoms with Gasteiger partial charge < -0.3 is 14.8 Å². The van der Waals surface area contributed by atoms with Gasteiger partial charge in [-0.05, 0) is 99.5 Å². The summed E-state index contributed by atoms with van der Waals surface area (Å²) in [7, 11) is -7.95. The van der Waals surface area contributed by atoms with Crippen LogP contribution in [0.5, 0.6) is 0 Å². The van der Waals surface area contributed by atoms with E-state index < -0.39 is 20.2 Å². The minimum atomic E-state index is -3.92. The predicted octanol–water partition coefficient (Wildman–Crippen LogP) is 11.8. The van der Waals surface area contributed by atoms with Crippen LogP contribution in [0.25, 0.3) is 22.3 Å². The zero-order valence-electron chi connectivity index (χ0n) is 35.7. The second kappa shape index (κ2) is 24.8. The number of nitrogen functional groups attached to an aromatic ring is 1. The summed E-state index contributed by atoms with van der Waals surface area (Å²) in [6.07, 6.45) is 15.8. The van der Waals surface area contributed by atoms with Crippen LogP contribution in [0.4, 0.5) is 5.69 Å². The van der Waals surface area contributed by atoms with Gasteiger partial charge >= 0.3 is 20.4 Å². The Labute approximate surface area is 366 Å². The van der Waals surface area contributed by atoms with Crippen molar-refractivity contribution in [3.8, 4) is 22.3 Å². The van der Waals surface area contributed by atoms with Gasteiger partial charge in [0.05, 0.1) is 20.2 Å². The van der Waals surface area contributed by atoms with Gasteiger partial charge in [0.2, 0.25) is 0 Å². The Kier molecular flexibility index (Phi) is 22.1. The zero-order valence-corrected chi connectivity index (χ0v) is 39.8. The molecule has 58 heavy (non-hydrogen) atoms. The van der Waals surface area contributed by atoms with Crippen molar-refractivity contribution in [1.82, 2.24) is 0 Å². The number of rotatable bonds is 8. The summed E-state index contributed by atoms with van der Waals surface area (Å²) >= 11 is 0. The summed E-state index contributed by atoms with van der Waals surface area (Å²) in [5.41, 5.74) is 18.7. The van der Waals surface area contributed by atoms with Crippen LogP contribution >= 0.6 is 7.92 Å². The predicted molar refractivity (Wildman–Crippen MR) is 242 cm³/mol. The third-order valence-electron chi connectivity index (χ3n) is 10.6. The van der Waals surface area contributed by atoms with Crippen LogP contribution in [-0.2, 0) is 40.7 Å². The van der Waals surface area contributed by atoms with Crippen molar-refractivity contribution < 1.29 is 46.4 Å². The van der Waals surface area contributed by atoms with E-state index in [1.807, 2.05) is 42.5 Å². The summed E-state index contributed by atoms with van der Waals surface area (Å²) in [6.45, 7) is 14.3. The van der Waals surface area contributed by atoms with Gasteiger partial charge in [-0.25, -0.2) is 16.8 Å². The van der Waals surface area contributed by atoms with Crippen molar-refractivity contribution in [2.45, 2.75) is 135 Å². The van der Waals surface area contributed by atoms with Crippen LogP contribution in [0.1, 0.15) is 140 Å². The SMILES string of the molecule is CC(C)c1cc(C(C)C)c(-c2ccccc2P(C2CCCCC2)C2CCCCC2)c(C(C)C)c1.CS(=O)(=O)[O-].CS(=O)(=O)[O-].Nc1ccccc1-c1ccccc1.[Pd+2]. The standard InChI is InChI=1S/C33H49P.C12H11N.2CH4O3S.Pd/c1-23(2)26-21-30(24(3)4)33(31(22-26)25(5)6)29-19-13-14-20-32(29)34(27-15-9-7-10-16-27)28-17-11-8-12-18-28;13-12-9-5-4-8-11(12)10-6-2-1-3-7-10;2*1-5(2,3)4;/h13-14,19-25,27-28H,7-12,15-18H2,1-6H3;1-9H,13H2;2*1H3,(H,2,3,4);/q;;;;+2/p-2. The van der Waals surface area contributed by atoms with Crippen LogP contribution in [0, 0.1) is 0 Å². The fraction of sp³-hybridized carbons (Fsp3) is 0.489. The third kappa shape index (κ3) is 17.7. The molecule has 4 aromatic rings. The molecule has 0 saturated heterocycles. The minimum absolute atomic E-state index is 0. The Morgan fingerprint density at radius 1 is 0.569 bits per heavy atom. The number of hydrogen-bond donors (Lipinski definition) is 1. The first-order chi connectivity index (χ1) is 26.8. The van der Waals surface area contributed by atoms with Crippen molar-refractivity contribution in [3.05, 3.63) is 108 Å². The Hall–Kier alpha value is -2.41. The van der Waals surface area contributed by atoms with E-state index in [-0.39, 0.29) is 28.3 Å². The summed E-state index contributed by atoms with van der Waals surface area (Å²) in [5, 5.41) is 1.75. The van der Waals surface area contributed by atoms with Gasteiger partial charge in [-0.15, -0.1) is 0 Å².